The van der Waals surface area contributed by atoms with Gasteiger partial charge in [-0.3, -0.25) is 0 Å². The van der Waals surface area contributed by atoms with Crippen LogP contribution in [0, 0.1) is 4.77 Å². The molecule has 3 rings (SSSR count). The standard InChI is InChI=1S/C20H23N5O2S/c1-4-24(5-2)15-11-10-14(17(26)12-15)13-21-25-19(22-23-20(25)28)16-8-6-7-9-18(16)27-3/h6-13,26H,4-5H2,1-3H3,(H,23,28)/b21-13-. The van der Waals surface area contributed by atoms with Crippen molar-refractivity contribution < 1.29 is 9.84 Å². The van der Waals surface area contributed by atoms with E-state index in [-0.39, 0.29) is 5.75 Å². The van der Waals surface area contributed by atoms with Crippen molar-refractivity contribution in [2.24, 2.45) is 5.10 Å². The van der Waals surface area contributed by atoms with Gasteiger partial charge in [0.05, 0.1) is 18.9 Å². The highest BCUT2D eigenvalue weighted by molar-refractivity contribution is 7.71. The van der Waals surface area contributed by atoms with E-state index >= 15 is 0 Å². The number of aromatic nitrogens is 3. The molecule has 0 atom stereocenters. The predicted molar refractivity (Wildman–Crippen MR) is 114 cm³/mol. The molecule has 2 aromatic carbocycles. The number of phenolic OH excluding ortho intramolecular Hbond substituents is 1. The van der Waals surface area contributed by atoms with Crippen LogP contribution in [0.5, 0.6) is 11.5 Å². The fourth-order valence-corrected chi connectivity index (χ4v) is 3.13. The molecule has 0 amide bonds. The fourth-order valence-electron chi connectivity index (χ4n) is 2.95. The number of aromatic amines is 1. The highest BCUT2D eigenvalue weighted by Gasteiger charge is 2.13. The smallest absolute Gasteiger partial charge is 0.216 e. The van der Waals surface area contributed by atoms with Crippen LogP contribution in [-0.4, -0.2) is 46.4 Å². The molecule has 2 N–H and O–H groups in total. The van der Waals surface area contributed by atoms with E-state index < -0.39 is 0 Å². The summed E-state index contributed by atoms with van der Waals surface area (Å²) in [5.74, 6) is 1.35. The molecule has 0 radical (unpaired) electrons. The van der Waals surface area contributed by atoms with Gasteiger partial charge in [0.25, 0.3) is 0 Å². The Hall–Kier alpha value is -3.13. The quantitative estimate of drug-likeness (QED) is 0.464. The Labute approximate surface area is 168 Å². The molecule has 1 heterocycles. The van der Waals surface area contributed by atoms with Crippen LogP contribution >= 0.6 is 12.2 Å². The zero-order chi connectivity index (χ0) is 20.1. The summed E-state index contributed by atoms with van der Waals surface area (Å²) < 4.78 is 7.25. The number of nitrogens with zero attached hydrogens (tertiary/aromatic N) is 4. The van der Waals surface area contributed by atoms with E-state index in [2.05, 4.69) is 34.0 Å². The van der Waals surface area contributed by atoms with Crippen LogP contribution in [0.25, 0.3) is 11.4 Å². The van der Waals surface area contributed by atoms with E-state index in [1.807, 2.05) is 36.4 Å². The van der Waals surface area contributed by atoms with Gasteiger partial charge in [-0.2, -0.15) is 14.9 Å². The third-order valence-electron chi connectivity index (χ3n) is 4.45. The largest absolute Gasteiger partial charge is 0.507 e. The Morgan fingerprint density at radius 3 is 2.68 bits per heavy atom. The van der Waals surface area contributed by atoms with Crippen LogP contribution in [0.1, 0.15) is 19.4 Å². The SMILES string of the molecule is CCN(CC)c1ccc(/C=N\n2c(-c3ccccc3OC)n[nH]c2=S)c(O)c1. The monoisotopic (exact) mass is 397 g/mol. The first kappa shape index (κ1) is 19.6. The molecule has 1 aromatic heterocycles. The Kier molecular flexibility index (Phi) is 6.10. The molecule has 146 valence electrons. The van der Waals surface area contributed by atoms with Gasteiger partial charge in [0.2, 0.25) is 4.77 Å². The summed E-state index contributed by atoms with van der Waals surface area (Å²) in [6.07, 6.45) is 1.56. The number of ether oxygens (including phenoxy) is 1. The Bertz CT molecular complexity index is 1040. The van der Waals surface area contributed by atoms with Crippen molar-refractivity contribution in [3.63, 3.8) is 0 Å². The number of phenols is 1. The first-order valence-electron chi connectivity index (χ1n) is 9.02. The number of hydrogen-bond donors (Lipinski definition) is 2. The van der Waals surface area contributed by atoms with Crippen LogP contribution in [-0.2, 0) is 0 Å². The lowest BCUT2D eigenvalue weighted by Gasteiger charge is -2.21. The maximum atomic E-state index is 10.4. The second kappa shape index (κ2) is 8.71. The predicted octanol–water partition coefficient (Wildman–Crippen LogP) is 4.05. The number of H-pyrrole nitrogens is 1. The Balaban J connectivity index is 1.96. The number of anilines is 1. The van der Waals surface area contributed by atoms with Gasteiger partial charge in [0.15, 0.2) is 5.82 Å². The Morgan fingerprint density at radius 1 is 1.25 bits per heavy atom. The molecule has 0 aliphatic heterocycles. The molecular formula is C20H23N5O2S. The van der Waals surface area contributed by atoms with Crippen LogP contribution in [0.4, 0.5) is 5.69 Å². The topological polar surface area (TPSA) is 78.7 Å². The van der Waals surface area contributed by atoms with Crippen molar-refractivity contribution in [2.45, 2.75) is 13.8 Å². The van der Waals surface area contributed by atoms with Gasteiger partial charge < -0.3 is 14.7 Å². The van der Waals surface area contributed by atoms with E-state index in [0.29, 0.717) is 21.9 Å². The van der Waals surface area contributed by atoms with Gasteiger partial charge in [-0.1, -0.05) is 12.1 Å². The average Bonchev–Trinajstić information content (AvgIpc) is 3.08. The molecule has 0 saturated heterocycles. The highest BCUT2D eigenvalue weighted by atomic mass is 32.1. The molecule has 0 aliphatic rings. The van der Waals surface area contributed by atoms with E-state index in [1.54, 1.807) is 19.4 Å². The summed E-state index contributed by atoms with van der Waals surface area (Å²) in [5.41, 5.74) is 2.31. The van der Waals surface area contributed by atoms with Crippen LogP contribution < -0.4 is 9.64 Å². The summed E-state index contributed by atoms with van der Waals surface area (Å²) in [6.45, 7) is 5.90. The summed E-state index contributed by atoms with van der Waals surface area (Å²) in [6, 6.07) is 13.0. The minimum atomic E-state index is 0.155. The lowest BCUT2D eigenvalue weighted by atomic mass is 10.2. The second-order valence-electron chi connectivity index (χ2n) is 6.02. The van der Waals surface area contributed by atoms with Crippen molar-refractivity contribution in [1.82, 2.24) is 14.9 Å². The fraction of sp³-hybridized carbons (Fsp3) is 0.250. The zero-order valence-corrected chi connectivity index (χ0v) is 16.9. The molecule has 3 aromatic rings. The first-order chi connectivity index (χ1) is 13.6. The number of hydrogen-bond acceptors (Lipinski definition) is 6. The van der Waals surface area contributed by atoms with Crippen molar-refractivity contribution in [3.8, 4) is 22.9 Å². The van der Waals surface area contributed by atoms with Crippen molar-refractivity contribution in [3.05, 3.63) is 52.8 Å². The van der Waals surface area contributed by atoms with E-state index in [1.165, 1.54) is 4.68 Å². The maximum absolute atomic E-state index is 10.4. The molecule has 8 heteroatoms. The number of methoxy groups -OCH3 is 1. The molecule has 0 aliphatic carbocycles. The third-order valence-corrected chi connectivity index (χ3v) is 4.72. The molecule has 0 bridgehead atoms. The average molecular weight is 398 g/mol. The van der Waals surface area contributed by atoms with Crippen molar-refractivity contribution in [1.29, 1.82) is 0 Å². The van der Waals surface area contributed by atoms with Crippen molar-refractivity contribution in [2.75, 3.05) is 25.1 Å². The number of para-hydroxylation sites is 1. The van der Waals surface area contributed by atoms with Gasteiger partial charge in [-0.15, -0.1) is 0 Å². The lowest BCUT2D eigenvalue weighted by Crippen LogP contribution is -2.21. The van der Waals surface area contributed by atoms with Crippen molar-refractivity contribution >= 4 is 24.1 Å². The number of nitrogens with one attached hydrogen (secondary N) is 1. The molecule has 28 heavy (non-hydrogen) atoms. The third kappa shape index (κ3) is 3.91. The van der Waals surface area contributed by atoms with Gasteiger partial charge in [-0.05, 0) is 50.3 Å². The molecule has 0 fully saturated rings. The summed E-state index contributed by atoms with van der Waals surface area (Å²) in [5, 5.41) is 21.9. The van der Waals surface area contributed by atoms with Crippen LogP contribution in [0.2, 0.25) is 0 Å². The molecule has 0 unspecified atom stereocenters. The summed E-state index contributed by atoms with van der Waals surface area (Å²) >= 11 is 5.31. The second-order valence-corrected chi connectivity index (χ2v) is 6.41. The van der Waals surface area contributed by atoms with Crippen LogP contribution in [0.3, 0.4) is 0 Å². The number of benzene rings is 2. The van der Waals surface area contributed by atoms with E-state index in [4.69, 9.17) is 17.0 Å². The zero-order valence-electron chi connectivity index (χ0n) is 16.1. The molecule has 0 saturated carbocycles. The van der Waals surface area contributed by atoms with E-state index in [9.17, 15) is 5.11 Å². The minimum absolute atomic E-state index is 0.155. The van der Waals surface area contributed by atoms with Crippen LogP contribution in [0.15, 0.2) is 47.6 Å². The van der Waals surface area contributed by atoms with Gasteiger partial charge >= 0.3 is 0 Å². The van der Waals surface area contributed by atoms with Gasteiger partial charge in [0.1, 0.15) is 11.5 Å². The maximum Gasteiger partial charge on any atom is 0.216 e. The summed E-state index contributed by atoms with van der Waals surface area (Å²) in [7, 11) is 1.60. The van der Waals surface area contributed by atoms with E-state index in [0.717, 1.165) is 24.3 Å². The number of rotatable bonds is 7. The minimum Gasteiger partial charge on any atom is -0.507 e. The highest BCUT2D eigenvalue weighted by Crippen LogP contribution is 2.28. The molecule has 7 nitrogen and oxygen atoms in total. The summed E-state index contributed by atoms with van der Waals surface area (Å²) in [4.78, 5) is 2.16. The lowest BCUT2D eigenvalue weighted by molar-refractivity contribution is 0.416. The number of aromatic hydroxyl groups is 1. The van der Waals surface area contributed by atoms with Gasteiger partial charge in [-0.25, -0.2) is 5.10 Å². The normalized spacial score (nSPS) is 11.1. The molecule has 0 spiro atoms. The Morgan fingerprint density at radius 2 is 2.00 bits per heavy atom. The molecular weight excluding hydrogens is 374 g/mol. The first-order valence-corrected chi connectivity index (χ1v) is 9.43. The van der Waals surface area contributed by atoms with Gasteiger partial charge in [0, 0.05) is 30.4 Å².